The Morgan fingerprint density at radius 3 is 2.52 bits per heavy atom. The highest BCUT2D eigenvalue weighted by atomic mass is 127. The van der Waals surface area contributed by atoms with E-state index in [1.807, 2.05) is 48.5 Å². The molecule has 6 aromatic rings. The molecule has 1 atom stereocenters. The van der Waals surface area contributed by atoms with Crippen molar-refractivity contribution in [1.29, 1.82) is 0 Å². The molecule has 0 saturated heterocycles. The molecule has 1 aromatic heterocycles. The molecule has 7 nitrogen and oxygen atoms in total. The van der Waals surface area contributed by atoms with Crippen molar-refractivity contribution in [2.45, 2.75) is 25.5 Å². The van der Waals surface area contributed by atoms with Gasteiger partial charge in [0.25, 0.3) is 11.2 Å². The summed E-state index contributed by atoms with van der Waals surface area (Å²) in [4.78, 5) is 31.2. The van der Waals surface area contributed by atoms with Gasteiger partial charge in [-0.15, -0.1) is 0 Å². The van der Waals surface area contributed by atoms with E-state index < -0.39 is 11.0 Å². The first-order valence-electron chi connectivity index (χ1n) is 15.3. The van der Waals surface area contributed by atoms with Gasteiger partial charge >= 0.3 is 0 Å². The minimum Gasteiger partial charge on any atom is -0.487 e. The van der Waals surface area contributed by atoms with Crippen LogP contribution >= 0.6 is 56.5 Å². The number of hydrogen-bond acceptors (Lipinski definition) is 6. The third-order valence-electron chi connectivity index (χ3n) is 8.84. The van der Waals surface area contributed by atoms with E-state index >= 15 is 0 Å². The number of fused-ring (bicyclic) bond motifs is 4. The van der Waals surface area contributed by atoms with E-state index in [-0.39, 0.29) is 11.2 Å². The van der Waals surface area contributed by atoms with Crippen LogP contribution in [-0.2, 0) is 13.0 Å². The van der Waals surface area contributed by atoms with Crippen LogP contribution in [0.1, 0.15) is 40.3 Å². The summed E-state index contributed by atoms with van der Waals surface area (Å²) in [5.74, 6) is 0.805. The zero-order chi connectivity index (χ0) is 32.9. The lowest BCUT2D eigenvalue weighted by Gasteiger charge is -2.30. The topological polar surface area (TPSA) is 86.7 Å². The maximum absolute atomic E-state index is 14.2. The molecule has 10 heteroatoms. The number of nitrogens with zero attached hydrogens (tertiary/aromatic N) is 3. The molecule has 0 saturated carbocycles. The number of non-ortho nitro benzene ring substituents is 1. The lowest BCUT2D eigenvalue weighted by molar-refractivity contribution is -0.384. The van der Waals surface area contributed by atoms with Gasteiger partial charge in [-0.1, -0.05) is 90.2 Å². The second-order valence-corrected chi connectivity index (χ2v) is 15.0. The zero-order valence-corrected chi connectivity index (χ0v) is 30.4. The Labute approximate surface area is 306 Å². The van der Waals surface area contributed by atoms with E-state index in [0.29, 0.717) is 27.9 Å². The van der Waals surface area contributed by atoms with E-state index in [9.17, 15) is 14.9 Å². The molecule has 8 rings (SSSR count). The number of nitro benzene ring substituents is 1. The zero-order valence-electron chi connectivity index (χ0n) is 25.2. The van der Waals surface area contributed by atoms with Gasteiger partial charge in [-0.25, -0.2) is 4.99 Å². The average molecular weight is 874 g/mol. The average Bonchev–Trinajstić information content (AvgIpc) is 3.40. The molecule has 48 heavy (non-hydrogen) atoms. The Morgan fingerprint density at radius 1 is 0.938 bits per heavy atom. The standard InChI is InChI=1S/C38H25I2N3O4S/c39-31-17-22(18-32(40)36(31)47-21-26-11-5-9-23-7-1-3-13-28(23)26)19-33-37(44)42-35(25-10-6-12-27(20-25)43(45)46)30-16-15-24-8-2-4-14-29(24)34(30)41-38(42)48-33/h1-14,17-20,35H,15-16,21H2/b33-19-/t35-/m1/s1. The maximum atomic E-state index is 14.2. The van der Waals surface area contributed by atoms with Crippen molar-refractivity contribution < 1.29 is 9.66 Å². The van der Waals surface area contributed by atoms with E-state index in [2.05, 4.69) is 87.6 Å². The highest BCUT2D eigenvalue weighted by Gasteiger charge is 2.33. The summed E-state index contributed by atoms with van der Waals surface area (Å²) in [7, 11) is 0. The molecule has 0 amide bonds. The van der Waals surface area contributed by atoms with Crippen LogP contribution in [0.15, 0.2) is 118 Å². The molecule has 0 bridgehead atoms. The number of hydrogen-bond donors (Lipinski definition) is 0. The predicted molar refractivity (Wildman–Crippen MR) is 206 cm³/mol. The molecule has 1 aliphatic carbocycles. The smallest absolute Gasteiger partial charge is 0.271 e. The third-order valence-corrected chi connectivity index (χ3v) is 11.4. The number of aryl methyl sites for hydroxylation is 1. The number of aromatic nitrogens is 1. The second-order valence-electron chi connectivity index (χ2n) is 11.7. The predicted octanol–water partition coefficient (Wildman–Crippen LogP) is 8.17. The summed E-state index contributed by atoms with van der Waals surface area (Å²) < 4.78 is 10.5. The monoisotopic (exact) mass is 873 g/mol. The Morgan fingerprint density at radius 2 is 1.69 bits per heavy atom. The van der Waals surface area contributed by atoms with E-state index in [1.165, 1.54) is 33.7 Å². The van der Waals surface area contributed by atoms with Gasteiger partial charge in [-0.3, -0.25) is 19.5 Å². The van der Waals surface area contributed by atoms with Crippen LogP contribution in [0.5, 0.6) is 5.75 Å². The van der Waals surface area contributed by atoms with Gasteiger partial charge in [-0.2, -0.15) is 0 Å². The lowest BCUT2D eigenvalue weighted by atomic mass is 9.83. The summed E-state index contributed by atoms with van der Waals surface area (Å²) in [6.45, 7) is 0.441. The number of rotatable bonds is 6. The van der Waals surface area contributed by atoms with Crippen molar-refractivity contribution in [2.24, 2.45) is 4.99 Å². The Balaban J connectivity index is 1.20. The van der Waals surface area contributed by atoms with Crippen molar-refractivity contribution in [1.82, 2.24) is 4.57 Å². The number of thiazole rings is 1. The molecule has 0 N–H and O–H groups in total. The first-order valence-corrected chi connectivity index (χ1v) is 18.3. The van der Waals surface area contributed by atoms with Crippen molar-refractivity contribution in [2.75, 3.05) is 0 Å². The van der Waals surface area contributed by atoms with Crippen molar-refractivity contribution >= 4 is 84.8 Å². The van der Waals surface area contributed by atoms with Gasteiger partial charge in [-0.05, 0) is 115 Å². The van der Waals surface area contributed by atoms with Crippen LogP contribution < -0.4 is 19.6 Å². The summed E-state index contributed by atoms with van der Waals surface area (Å²) >= 11 is 5.93. The van der Waals surface area contributed by atoms with Crippen LogP contribution in [0, 0.1) is 17.3 Å². The molecule has 0 radical (unpaired) electrons. The van der Waals surface area contributed by atoms with Crippen molar-refractivity contribution in [3.63, 3.8) is 0 Å². The van der Waals surface area contributed by atoms with Crippen LogP contribution in [-0.4, -0.2) is 9.49 Å². The van der Waals surface area contributed by atoms with Gasteiger partial charge in [0, 0.05) is 17.7 Å². The molecule has 2 aliphatic rings. The quantitative estimate of drug-likeness (QED) is 0.0961. The fourth-order valence-corrected chi connectivity index (χ4v) is 9.78. The van der Waals surface area contributed by atoms with Crippen LogP contribution in [0.4, 0.5) is 5.69 Å². The fourth-order valence-electron chi connectivity index (χ4n) is 6.65. The molecular weight excluding hydrogens is 848 g/mol. The van der Waals surface area contributed by atoms with Crippen LogP contribution in [0.3, 0.4) is 0 Å². The van der Waals surface area contributed by atoms with Crippen molar-refractivity contribution in [3.8, 4) is 5.75 Å². The molecule has 1 aliphatic heterocycles. The minimum absolute atomic E-state index is 0.00287. The second kappa shape index (κ2) is 12.7. The SMILES string of the molecule is O=c1/c(=C/c2cc(I)c(OCc3cccc4ccccc34)c(I)c2)sc2n1[C@H](c1cccc([N+](=O)[O-])c1)C1=C(N=2)c2ccccc2CC1. The van der Waals surface area contributed by atoms with Gasteiger partial charge < -0.3 is 4.74 Å². The highest BCUT2D eigenvalue weighted by Crippen LogP contribution is 2.41. The first kappa shape index (κ1) is 31.1. The van der Waals surface area contributed by atoms with Crippen LogP contribution in [0.2, 0.25) is 0 Å². The molecule has 0 spiro atoms. The summed E-state index contributed by atoms with van der Waals surface area (Å²) in [6, 6.07) is 32.9. The summed E-state index contributed by atoms with van der Waals surface area (Å²) in [5, 5.41) is 14.1. The highest BCUT2D eigenvalue weighted by molar-refractivity contribution is 14.1. The third kappa shape index (κ3) is 5.59. The normalized spacial score (nSPS) is 15.5. The maximum Gasteiger partial charge on any atom is 0.271 e. The molecule has 236 valence electrons. The molecule has 2 heterocycles. The number of ether oxygens (including phenoxy) is 1. The van der Waals surface area contributed by atoms with Gasteiger partial charge in [0.1, 0.15) is 12.4 Å². The Kier molecular flexibility index (Phi) is 8.25. The Bertz CT molecular complexity index is 2490. The van der Waals surface area contributed by atoms with Crippen LogP contribution in [0.25, 0.3) is 22.5 Å². The molecule has 5 aromatic carbocycles. The molecule has 0 fully saturated rings. The summed E-state index contributed by atoms with van der Waals surface area (Å²) in [6.07, 6.45) is 3.43. The molecular formula is C38H25I2N3O4S. The number of halogens is 2. The number of benzene rings is 5. The largest absolute Gasteiger partial charge is 0.487 e. The minimum atomic E-state index is -0.489. The van der Waals surface area contributed by atoms with E-state index in [1.54, 1.807) is 16.7 Å². The van der Waals surface area contributed by atoms with Gasteiger partial charge in [0.2, 0.25) is 0 Å². The fraction of sp³-hybridized carbons (Fsp3) is 0.105. The van der Waals surface area contributed by atoms with Crippen molar-refractivity contribution in [3.05, 3.63) is 173 Å². The summed E-state index contributed by atoms with van der Waals surface area (Å²) in [5.41, 5.74) is 6.66. The van der Waals surface area contributed by atoms with Gasteiger partial charge in [0.15, 0.2) is 4.80 Å². The first-order chi connectivity index (χ1) is 23.4. The van der Waals surface area contributed by atoms with E-state index in [4.69, 9.17) is 9.73 Å². The number of allylic oxidation sites excluding steroid dienone is 1. The van der Waals surface area contributed by atoms with Gasteiger partial charge in [0.05, 0.1) is 28.3 Å². The number of nitro groups is 1. The molecule has 0 unspecified atom stereocenters. The lowest BCUT2D eigenvalue weighted by Crippen LogP contribution is -2.38. The van der Waals surface area contributed by atoms with E-state index in [0.717, 1.165) is 47.3 Å². The Hall–Kier alpha value is -4.14.